The molecule has 0 fully saturated rings. The molecule has 2 aromatic carbocycles. The van der Waals surface area contributed by atoms with Crippen molar-refractivity contribution in [2.75, 3.05) is 25.1 Å². The number of nitrogens with zero attached hydrogens (tertiary/aromatic N) is 1. The van der Waals surface area contributed by atoms with Crippen molar-refractivity contribution in [2.45, 2.75) is 13.8 Å². The number of nitriles is 1. The molecule has 0 unspecified atom stereocenters. The number of carbonyl (C=O) groups is 1. The highest BCUT2D eigenvalue weighted by Crippen LogP contribution is 2.30. The number of benzene rings is 2. The van der Waals surface area contributed by atoms with Gasteiger partial charge in [0.15, 0.2) is 18.1 Å². The molecule has 1 amide bonds. The van der Waals surface area contributed by atoms with Gasteiger partial charge in [-0.2, -0.15) is 5.26 Å². The number of hydrogen-bond donors (Lipinski definition) is 1. The van der Waals surface area contributed by atoms with E-state index >= 15 is 0 Å². The molecule has 0 saturated heterocycles. The summed E-state index contributed by atoms with van der Waals surface area (Å²) in [6.45, 7) is 4.67. The van der Waals surface area contributed by atoms with Crippen molar-refractivity contribution in [1.82, 2.24) is 0 Å². The lowest BCUT2D eigenvalue weighted by atomic mass is 10.2. The van der Waals surface area contributed by atoms with Gasteiger partial charge in [0, 0.05) is 11.8 Å². The van der Waals surface area contributed by atoms with Crippen LogP contribution in [-0.4, -0.2) is 25.7 Å². The lowest BCUT2D eigenvalue weighted by molar-refractivity contribution is -0.118. The third-order valence-corrected chi connectivity index (χ3v) is 3.18. The van der Waals surface area contributed by atoms with Crippen LogP contribution in [0, 0.1) is 11.3 Å². The molecule has 6 nitrogen and oxygen atoms in total. The topological polar surface area (TPSA) is 80.6 Å². The molecule has 2 aromatic rings. The Morgan fingerprint density at radius 3 is 2.32 bits per heavy atom. The smallest absolute Gasteiger partial charge is 0.262 e. The van der Waals surface area contributed by atoms with Gasteiger partial charge in [0.25, 0.3) is 5.91 Å². The van der Waals surface area contributed by atoms with E-state index in [0.29, 0.717) is 41.7 Å². The molecule has 0 aliphatic heterocycles. The molecule has 0 spiro atoms. The number of carbonyl (C=O) groups excluding carboxylic acids is 1. The quantitative estimate of drug-likeness (QED) is 0.797. The highest BCUT2D eigenvalue weighted by atomic mass is 16.5. The lowest BCUT2D eigenvalue weighted by Gasteiger charge is -2.13. The van der Waals surface area contributed by atoms with Crippen molar-refractivity contribution in [3.05, 3.63) is 48.0 Å². The average Bonchev–Trinajstić information content (AvgIpc) is 2.63. The number of hydrogen-bond acceptors (Lipinski definition) is 5. The molecular formula is C19H20N2O4. The molecule has 0 heterocycles. The molecule has 130 valence electrons. The monoisotopic (exact) mass is 340 g/mol. The molecule has 0 saturated carbocycles. The second kappa shape index (κ2) is 9.18. The molecule has 2 rings (SSSR count). The Morgan fingerprint density at radius 1 is 1.00 bits per heavy atom. The predicted molar refractivity (Wildman–Crippen MR) is 94.1 cm³/mol. The number of amides is 1. The Morgan fingerprint density at radius 2 is 1.68 bits per heavy atom. The highest BCUT2D eigenvalue weighted by Gasteiger charge is 2.09. The van der Waals surface area contributed by atoms with Gasteiger partial charge in [0.05, 0.1) is 24.8 Å². The number of nitrogens with one attached hydrogen (secondary N) is 1. The van der Waals surface area contributed by atoms with Crippen molar-refractivity contribution < 1.29 is 19.0 Å². The van der Waals surface area contributed by atoms with E-state index in [9.17, 15) is 4.79 Å². The summed E-state index contributed by atoms with van der Waals surface area (Å²) in [5.74, 6) is 1.44. The van der Waals surface area contributed by atoms with Gasteiger partial charge < -0.3 is 19.5 Å². The maximum atomic E-state index is 12.0. The van der Waals surface area contributed by atoms with Crippen molar-refractivity contribution >= 4 is 11.6 Å². The summed E-state index contributed by atoms with van der Waals surface area (Å²) in [6.07, 6.45) is 0. The van der Waals surface area contributed by atoms with Gasteiger partial charge >= 0.3 is 0 Å². The number of anilines is 1. The standard InChI is InChI=1S/C19H20N2O4/c1-3-23-17-10-7-15(11-18(17)24-4-2)21-19(22)13-25-16-8-5-14(12-20)6-9-16/h5-11H,3-4,13H2,1-2H3,(H,21,22). The molecule has 6 heteroatoms. The zero-order chi connectivity index (χ0) is 18.1. The van der Waals surface area contributed by atoms with Crippen molar-refractivity contribution in [3.63, 3.8) is 0 Å². The van der Waals surface area contributed by atoms with E-state index in [-0.39, 0.29) is 12.5 Å². The summed E-state index contributed by atoms with van der Waals surface area (Å²) < 4.78 is 16.4. The van der Waals surface area contributed by atoms with E-state index in [0.717, 1.165) is 0 Å². The first-order valence-electron chi connectivity index (χ1n) is 7.98. The zero-order valence-electron chi connectivity index (χ0n) is 14.2. The maximum Gasteiger partial charge on any atom is 0.262 e. The van der Waals surface area contributed by atoms with Crippen LogP contribution in [0.3, 0.4) is 0 Å². The third kappa shape index (κ3) is 5.43. The normalized spacial score (nSPS) is 9.80. The Bertz CT molecular complexity index is 751. The summed E-state index contributed by atoms with van der Waals surface area (Å²) >= 11 is 0. The Hall–Kier alpha value is -3.20. The maximum absolute atomic E-state index is 12.0. The van der Waals surface area contributed by atoms with Gasteiger partial charge in [-0.3, -0.25) is 4.79 Å². The fourth-order valence-corrected chi connectivity index (χ4v) is 2.10. The van der Waals surface area contributed by atoms with E-state index in [1.54, 1.807) is 42.5 Å². The Balaban J connectivity index is 1.95. The van der Waals surface area contributed by atoms with Crippen molar-refractivity contribution in [3.8, 4) is 23.3 Å². The van der Waals surface area contributed by atoms with Gasteiger partial charge in [-0.1, -0.05) is 0 Å². The summed E-state index contributed by atoms with van der Waals surface area (Å²) in [7, 11) is 0. The van der Waals surface area contributed by atoms with Crippen LogP contribution in [0.2, 0.25) is 0 Å². The van der Waals surface area contributed by atoms with Crippen LogP contribution in [0.15, 0.2) is 42.5 Å². The van der Waals surface area contributed by atoms with Crippen LogP contribution >= 0.6 is 0 Å². The second-order valence-corrected chi connectivity index (χ2v) is 5.00. The first kappa shape index (κ1) is 18.1. The Labute approximate surface area is 146 Å². The minimum Gasteiger partial charge on any atom is -0.490 e. The molecule has 0 aliphatic carbocycles. The molecule has 0 atom stereocenters. The molecule has 25 heavy (non-hydrogen) atoms. The Kier molecular flexibility index (Phi) is 6.66. The van der Waals surface area contributed by atoms with Crippen LogP contribution in [0.4, 0.5) is 5.69 Å². The highest BCUT2D eigenvalue weighted by molar-refractivity contribution is 5.92. The van der Waals surface area contributed by atoms with Crippen LogP contribution in [-0.2, 0) is 4.79 Å². The van der Waals surface area contributed by atoms with Gasteiger partial charge in [-0.25, -0.2) is 0 Å². The van der Waals surface area contributed by atoms with E-state index in [1.807, 2.05) is 19.9 Å². The summed E-state index contributed by atoms with van der Waals surface area (Å²) in [5.41, 5.74) is 1.13. The van der Waals surface area contributed by atoms with Gasteiger partial charge in [0.2, 0.25) is 0 Å². The predicted octanol–water partition coefficient (Wildman–Crippen LogP) is 3.37. The van der Waals surface area contributed by atoms with Gasteiger partial charge in [-0.15, -0.1) is 0 Å². The average molecular weight is 340 g/mol. The summed E-state index contributed by atoms with van der Waals surface area (Å²) in [6, 6.07) is 13.8. The summed E-state index contributed by atoms with van der Waals surface area (Å²) in [5, 5.41) is 11.5. The van der Waals surface area contributed by atoms with Crippen molar-refractivity contribution in [2.24, 2.45) is 0 Å². The first-order valence-corrected chi connectivity index (χ1v) is 7.98. The number of ether oxygens (including phenoxy) is 3. The molecular weight excluding hydrogens is 320 g/mol. The summed E-state index contributed by atoms with van der Waals surface area (Å²) in [4.78, 5) is 12.0. The van der Waals surface area contributed by atoms with E-state index in [1.165, 1.54) is 0 Å². The van der Waals surface area contributed by atoms with Gasteiger partial charge in [0.1, 0.15) is 5.75 Å². The zero-order valence-corrected chi connectivity index (χ0v) is 14.2. The van der Waals surface area contributed by atoms with E-state index in [2.05, 4.69) is 5.32 Å². The third-order valence-electron chi connectivity index (χ3n) is 3.18. The minimum atomic E-state index is -0.295. The lowest BCUT2D eigenvalue weighted by Crippen LogP contribution is -2.20. The van der Waals surface area contributed by atoms with Crippen LogP contribution in [0.5, 0.6) is 17.2 Å². The number of rotatable bonds is 8. The SMILES string of the molecule is CCOc1ccc(NC(=O)COc2ccc(C#N)cc2)cc1OCC. The van der Waals surface area contributed by atoms with Gasteiger partial charge in [-0.05, 0) is 50.2 Å². The van der Waals surface area contributed by atoms with Crippen LogP contribution in [0.1, 0.15) is 19.4 Å². The first-order chi connectivity index (χ1) is 12.2. The molecule has 0 bridgehead atoms. The second-order valence-electron chi connectivity index (χ2n) is 5.00. The fourth-order valence-electron chi connectivity index (χ4n) is 2.10. The van der Waals surface area contributed by atoms with Crippen LogP contribution < -0.4 is 19.5 Å². The largest absolute Gasteiger partial charge is 0.490 e. The van der Waals surface area contributed by atoms with Crippen LogP contribution in [0.25, 0.3) is 0 Å². The minimum absolute atomic E-state index is 0.136. The molecule has 1 N–H and O–H groups in total. The molecule has 0 aromatic heterocycles. The van der Waals surface area contributed by atoms with E-state index < -0.39 is 0 Å². The molecule has 0 radical (unpaired) electrons. The fraction of sp³-hybridized carbons (Fsp3) is 0.263. The van der Waals surface area contributed by atoms with Crippen molar-refractivity contribution in [1.29, 1.82) is 5.26 Å². The van der Waals surface area contributed by atoms with E-state index in [4.69, 9.17) is 19.5 Å². The molecule has 0 aliphatic rings.